The molecule has 1 amide bonds. The van der Waals surface area contributed by atoms with Gasteiger partial charge in [0.05, 0.1) is 10.6 Å². The minimum absolute atomic E-state index is 0.140. The number of carbonyl (C=O) groups excluding carboxylic acids is 1. The molecule has 1 saturated carbocycles. The van der Waals surface area contributed by atoms with E-state index < -0.39 is 15.9 Å². The van der Waals surface area contributed by atoms with E-state index in [0.29, 0.717) is 5.69 Å². The Kier molecular flexibility index (Phi) is 10.8. The summed E-state index contributed by atoms with van der Waals surface area (Å²) in [5.74, 6) is -0.459. The Balaban J connectivity index is 1.76. The molecule has 0 aliphatic heterocycles. The van der Waals surface area contributed by atoms with Crippen molar-refractivity contribution in [1.29, 1.82) is 0 Å². The van der Waals surface area contributed by atoms with Crippen LogP contribution in [0.2, 0.25) is 0 Å². The lowest BCUT2D eigenvalue weighted by atomic mass is 10.00. The van der Waals surface area contributed by atoms with E-state index in [4.69, 9.17) is 0 Å². The van der Waals surface area contributed by atoms with Crippen molar-refractivity contribution in [3.05, 3.63) is 58.6 Å². The van der Waals surface area contributed by atoms with Crippen LogP contribution in [0.5, 0.6) is 0 Å². The Morgan fingerprint density at radius 1 is 0.914 bits per heavy atom. The highest BCUT2D eigenvalue weighted by atomic mass is 79.9. The topological polar surface area (TPSA) is 78.8 Å². The maximum Gasteiger partial charge on any atom is 0.264 e. The van der Waals surface area contributed by atoms with E-state index in [1.54, 1.807) is 42.5 Å². The summed E-state index contributed by atoms with van der Waals surface area (Å²) in [6.45, 7) is 1.54. The second kappa shape index (κ2) is 13.8. The average Bonchev–Trinajstić information content (AvgIpc) is 2.82. The Morgan fingerprint density at radius 2 is 1.49 bits per heavy atom. The molecule has 0 saturated heterocycles. The number of hydrazone groups is 1. The van der Waals surface area contributed by atoms with Crippen LogP contribution in [0.4, 0.5) is 5.69 Å². The molecule has 1 N–H and O–H groups in total. The molecule has 0 bridgehead atoms. The summed E-state index contributed by atoms with van der Waals surface area (Å²) >= 11 is 3.40. The lowest BCUT2D eigenvalue weighted by Crippen LogP contribution is -2.39. The van der Waals surface area contributed by atoms with Crippen LogP contribution >= 0.6 is 15.9 Å². The fraction of sp³-hybridized carbons (Fsp3) is 0.481. The second-order valence-corrected chi connectivity index (χ2v) is 12.0. The largest absolute Gasteiger partial charge is 0.271 e. The average molecular weight is 563 g/mol. The van der Waals surface area contributed by atoms with Crippen LogP contribution < -0.4 is 9.73 Å². The first-order valence-electron chi connectivity index (χ1n) is 12.6. The number of amides is 1. The van der Waals surface area contributed by atoms with E-state index in [2.05, 4.69) is 26.5 Å². The van der Waals surface area contributed by atoms with Crippen molar-refractivity contribution in [2.24, 2.45) is 5.10 Å². The van der Waals surface area contributed by atoms with Crippen LogP contribution in [-0.4, -0.2) is 26.6 Å². The zero-order valence-electron chi connectivity index (χ0n) is 20.5. The highest BCUT2D eigenvalue weighted by molar-refractivity contribution is 9.10. The van der Waals surface area contributed by atoms with Crippen LogP contribution in [0.3, 0.4) is 0 Å². The molecule has 0 radical (unpaired) electrons. The van der Waals surface area contributed by atoms with Gasteiger partial charge in [-0.15, -0.1) is 0 Å². The molecular weight excluding hydrogens is 526 g/mol. The van der Waals surface area contributed by atoms with Crippen LogP contribution in [0.15, 0.2) is 63.0 Å². The number of nitrogens with one attached hydrogen (secondary N) is 1. The van der Waals surface area contributed by atoms with Crippen molar-refractivity contribution in [3.8, 4) is 0 Å². The van der Waals surface area contributed by atoms with Crippen LogP contribution in [0.25, 0.3) is 0 Å². The Morgan fingerprint density at radius 3 is 2.06 bits per heavy atom. The minimum Gasteiger partial charge on any atom is -0.271 e. The summed E-state index contributed by atoms with van der Waals surface area (Å²) < 4.78 is 28.9. The lowest BCUT2D eigenvalue weighted by molar-refractivity contribution is -0.119. The number of carbonyl (C=O) groups is 1. The second-order valence-electron chi connectivity index (χ2n) is 9.20. The normalized spacial score (nSPS) is 16.0. The first kappa shape index (κ1) is 27.4. The number of sulfonamides is 1. The highest BCUT2D eigenvalue weighted by Crippen LogP contribution is 2.26. The Hall–Kier alpha value is -2.19. The fourth-order valence-corrected chi connectivity index (χ4v) is 6.02. The zero-order chi connectivity index (χ0) is 25.1. The summed E-state index contributed by atoms with van der Waals surface area (Å²) in [6.07, 6.45) is 12.7. The number of rotatable bonds is 6. The number of aryl methyl sites for hydroxylation is 1. The highest BCUT2D eigenvalue weighted by Gasteiger charge is 2.27. The molecule has 2 aromatic rings. The van der Waals surface area contributed by atoms with Gasteiger partial charge in [-0.3, -0.25) is 9.10 Å². The first-order chi connectivity index (χ1) is 16.9. The van der Waals surface area contributed by atoms with E-state index in [-0.39, 0.29) is 11.4 Å². The van der Waals surface area contributed by atoms with Gasteiger partial charge in [0.1, 0.15) is 6.54 Å². The van der Waals surface area contributed by atoms with Crippen molar-refractivity contribution in [3.63, 3.8) is 0 Å². The molecule has 3 rings (SSSR count). The molecule has 0 atom stereocenters. The first-order valence-corrected chi connectivity index (χ1v) is 14.8. The SMILES string of the molecule is Cc1ccc(S(=O)(=O)N(CC(=O)NN=C2CCCCCCCCCCC2)c2cccc(Br)c2)cc1. The lowest BCUT2D eigenvalue weighted by Gasteiger charge is -2.24. The summed E-state index contributed by atoms with van der Waals surface area (Å²) in [5.41, 5.74) is 5.01. The number of nitrogens with zero attached hydrogens (tertiary/aromatic N) is 2. The zero-order valence-corrected chi connectivity index (χ0v) is 22.9. The van der Waals surface area contributed by atoms with Gasteiger partial charge in [-0.05, 0) is 62.9 Å². The summed E-state index contributed by atoms with van der Waals surface area (Å²) in [6, 6.07) is 13.6. The fourth-order valence-electron chi connectivity index (χ4n) is 4.22. The summed E-state index contributed by atoms with van der Waals surface area (Å²) in [7, 11) is -3.95. The van der Waals surface area contributed by atoms with E-state index in [1.807, 2.05) is 13.0 Å². The standard InChI is InChI=1S/C27H36BrN3O3S/c1-22-16-18-26(19-17-22)35(33,34)31(25-15-11-12-23(28)20-25)21-27(32)30-29-24-13-9-7-5-3-2-4-6-8-10-14-24/h11-12,15-20H,2-10,13-14,21H2,1H3,(H,30,32). The Labute approximate surface area is 218 Å². The van der Waals surface area contributed by atoms with E-state index in [9.17, 15) is 13.2 Å². The molecular formula is C27H36BrN3O3S. The van der Waals surface area contributed by atoms with Crippen LogP contribution in [0, 0.1) is 6.92 Å². The number of anilines is 1. The molecule has 2 aromatic carbocycles. The number of halogens is 1. The third kappa shape index (κ3) is 8.76. The smallest absolute Gasteiger partial charge is 0.264 e. The van der Waals surface area contributed by atoms with Crippen molar-refractivity contribution in [1.82, 2.24) is 5.43 Å². The van der Waals surface area contributed by atoms with Gasteiger partial charge >= 0.3 is 0 Å². The minimum atomic E-state index is -3.95. The van der Waals surface area contributed by atoms with Crippen molar-refractivity contribution in [2.45, 2.75) is 82.4 Å². The van der Waals surface area contributed by atoms with Gasteiger partial charge in [0.25, 0.3) is 15.9 Å². The van der Waals surface area contributed by atoms with Gasteiger partial charge in [-0.25, -0.2) is 13.8 Å². The molecule has 35 heavy (non-hydrogen) atoms. The molecule has 6 nitrogen and oxygen atoms in total. The maximum atomic E-state index is 13.5. The van der Waals surface area contributed by atoms with Crippen LogP contribution in [-0.2, 0) is 14.8 Å². The monoisotopic (exact) mass is 561 g/mol. The molecule has 0 heterocycles. The molecule has 1 aliphatic rings. The van der Waals surface area contributed by atoms with Gasteiger partial charge in [-0.2, -0.15) is 5.10 Å². The third-order valence-electron chi connectivity index (χ3n) is 6.26. The molecule has 0 aromatic heterocycles. The summed E-state index contributed by atoms with van der Waals surface area (Å²) in [4.78, 5) is 13.1. The maximum absolute atomic E-state index is 13.5. The molecule has 8 heteroatoms. The van der Waals surface area contributed by atoms with Gasteiger partial charge in [0.2, 0.25) is 0 Å². The molecule has 0 spiro atoms. The predicted molar refractivity (Wildman–Crippen MR) is 146 cm³/mol. The molecule has 1 aliphatic carbocycles. The van der Waals surface area contributed by atoms with Crippen molar-refractivity contribution < 1.29 is 13.2 Å². The van der Waals surface area contributed by atoms with E-state index in [1.165, 1.54) is 44.9 Å². The van der Waals surface area contributed by atoms with Crippen molar-refractivity contribution in [2.75, 3.05) is 10.8 Å². The Bertz CT molecular complexity index is 1090. The summed E-state index contributed by atoms with van der Waals surface area (Å²) in [5, 5.41) is 4.43. The molecule has 1 fully saturated rings. The van der Waals surface area contributed by atoms with E-state index in [0.717, 1.165) is 45.7 Å². The van der Waals surface area contributed by atoms with Crippen molar-refractivity contribution >= 4 is 43.3 Å². The van der Waals surface area contributed by atoms with Gasteiger partial charge in [0, 0.05) is 10.2 Å². The predicted octanol–water partition coefficient (Wildman–Crippen LogP) is 6.73. The molecule has 190 valence electrons. The van der Waals surface area contributed by atoms with E-state index >= 15 is 0 Å². The quantitative estimate of drug-likeness (QED) is 0.397. The number of hydrogen-bond acceptors (Lipinski definition) is 4. The van der Waals surface area contributed by atoms with Gasteiger partial charge in [0.15, 0.2) is 0 Å². The van der Waals surface area contributed by atoms with Crippen LogP contribution in [0.1, 0.15) is 76.2 Å². The van der Waals surface area contributed by atoms with Gasteiger partial charge in [-0.1, -0.05) is 84.6 Å². The third-order valence-corrected chi connectivity index (χ3v) is 8.54. The number of benzene rings is 2. The van der Waals surface area contributed by atoms with Gasteiger partial charge < -0.3 is 0 Å². The molecule has 0 unspecified atom stereocenters. The number of hydrogen-bond donors (Lipinski definition) is 1.